The Balaban J connectivity index is 2.03. The van der Waals surface area contributed by atoms with Crippen molar-refractivity contribution in [3.05, 3.63) is 52.5 Å². The zero-order valence-electron chi connectivity index (χ0n) is 8.88. The minimum Gasteiger partial charge on any atom is -0.345 e. The monoisotopic (exact) mass is 232 g/mol. The van der Waals surface area contributed by atoms with Crippen molar-refractivity contribution >= 4 is 17.2 Å². The summed E-state index contributed by atoms with van der Waals surface area (Å²) in [4.78, 5) is 15.7. The molecule has 0 saturated heterocycles. The van der Waals surface area contributed by atoms with Crippen LogP contribution in [-0.2, 0) is 0 Å². The van der Waals surface area contributed by atoms with Gasteiger partial charge in [0.2, 0.25) is 0 Å². The van der Waals surface area contributed by atoms with Crippen molar-refractivity contribution < 1.29 is 4.79 Å². The average molecular weight is 232 g/mol. The number of hydrogen-bond acceptors (Lipinski definition) is 3. The molecule has 0 aliphatic carbocycles. The highest BCUT2D eigenvalue weighted by molar-refractivity contribution is 7.08. The number of thiophene rings is 1. The van der Waals surface area contributed by atoms with E-state index in [1.807, 2.05) is 35.9 Å². The van der Waals surface area contributed by atoms with Gasteiger partial charge in [-0.15, -0.1) is 0 Å². The molecule has 0 saturated carbocycles. The van der Waals surface area contributed by atoms with Crippen molar-refractivity contribution in [3.8, 4) is 0 Å². The van der Waals surface area contributed by atoms with Crippen LogP contribution in [0, 0.1) is 0 Å². The molecule has 0 fully saturated rings. The fourth-order valence-corrected chi connectivity index (χ4v) is 2.05. The quantitative estimate of drug-likeness (QED) is 0.884. The van der Waals surface area contributed by atoms with E-state index >= 15 is 0 Å². The maximum atomic E-state index is 11.8. The van der Waals surface area contributed by atoms with Gasteiger partial charge in [-0.05, 0) is 36.1 Å². The molecule has 0 aromatic carbocycles. The van der Waals surface area contributed by atoms with Gasteiger partial charge in [-0.25, -0.2) is 0 Å². The summed E-state index contributed by atoms with van der Waals surface area (Å²) in [7, 11) is 0. The summed E-state index contributed by atoms with van der Waals surface area (Å²) in [5, 5.41) is 6.68. The van der Waals surface area contributed by atoms with Crippen LogP contribution in [0.15, 0.2) is 41.4 Å². The smallest absolute Gasteiger partial charge is 0.252 e. The average Bonchev–Trinajstić information content (AvgIpc) is 2.83. The molecule has 2 rings (SSSR count). The van der Waals surface area contributed by atoms with Crippen LogP contribution in [0.3, 0.4) is 0 Å². The molecule has 0 radical (unpaired) electrons. The van der Waals surface area contributed by atoms with Crippen molar-refractivity contribution in [2.45, 2.75) is 13.0 Å². The predicted molar refractivity (Wildman–Crippen MR) is 64.4 cm³/mol. The third kappa shape index (κ3) is 2.46. The second kappa shape index (κ2) is 4.90. The van der Waals surface area contributed by atoms with Crippen LogP contribution in [0.5, 0.6) is 0 Å². The SMILES string of the molecule is CC(NC(=O)c1ccsc1)c1ccncc1. The van der Waals surface area contributed by atoms with Crippen molar-refractivity contribution in [1.29, 1.82) is 0 Å². The van der Waals surface area contributed by atoms with Gasteiger partial charge >= 0.3 is 0 Å². The number of rotatable bonds is 3. The van der Waals surface area contributed by atoms with Crippen molar-refractivity contribution in [2.75, 3.05) is 0 Å². The molecular formula is C12H12N2OS. The molecule has 3 nitrogen and oxygen atoms in total. The highest BCUT2D eigenvalue weighted by Gasteiger charge is 2.10. The summed E-state index contributed by atoms with van der Waals surface area (Å²) in [6, 6.07) is 5.62. The summed E-state index contributed by atoms with van der Waals surface area (Å²) in [6.45, 7) is 1.96. The van der Waals surface area contributed by atoms with Crippen LogP contribution in [0.1, 0.15) is 28.9 Å². The van der Waals surface area contributed by atoms with E-state index in [-0.39, 0.29) is 11.9 Å². The van der Waals surface area contributed by atoms with Gasteiger partial charge in [0.1, 0.15) is 0 Å². The minimum atomic E-state index is -0.0365. The highest BCUT2D eigenvalue weighted by atomic mass is 32.1. The summed E-state index contributed by atoms with van der Waals surface area (Å²) < 4.78 is 0. The first kappa shape index (κ1) is 10.8. The number of hydrogen-bond donors (Lipinski definition) is 1. The lowest BCUT2D eigenvalue weighted by atomic mass is 10.1. The molecule has 1 N–H and O–H groups in total. The second-order valence-corrected chi connectivity index (χ2v) is 4.27. The second-order valence-electron chi connectivity index (χ2n) is 3.49. The molecule has 0 aliphatic heterocycles. The standard InChI is InChI=1S/C12H12N2OS/c1-9(10-2-5-13-6-3-10)14-12(15)11-4-7-16-8-11/h2-9H,1H3,(H,14,15). The molecule has 82 valence electrons. The van der Waals surface area contributed by atoms with Gasteiger partial charge in [0.25, 0.3) is 5.91 Å². The number of nitrogens with zero attached hydrogens (tertiary/aromatic N) is 1. The van der Waals surface area contributed by atoms with E-state index in [0.29, 0.717) is 5.56 Å². The fourth-order valence-electron chi connectivity index (χ4n) is 1.41. The molecular weight excluding hydrogens is 220 g/mol. The Morgan fingerprint density at radius 3 is 2.75 bits per heavy atom. The molecule has 0 bridgehead atoms. The lowest BCUT2D eigenvalue weighted by Gasteiger charge is -2.13. The van der Waals surface area contributed by atoms with E-state index in [9.17, 15) is 4.79 Å². The first-order valence-electron chi connectivity index (χ1n) is 5.00. The van der Waals surface area contributed by atoms with Gasteiger partial charge in [0.05, 0.1) is 11.6 Å². The summed E-state index contributed by atoms with van der Waals surface area (Å²) in [5.41, 5.74) is 1.77. The van der Waals surface area contributed by atoms with E-state index in [2.05, 4.69) is 10.3 Å². The first-order chi connectivity index (χ1) is 7.77. The van der Waals surface area contributed by atoms with Crippen LogP contribution < -0.4 is 5.32 Å². The molecule has 1 amide bonds. The maximum absolute atomic E-state index is 11.8. The van der Waals surface area contributed by atoms with Crippen LogP contribution in [-0.4, -0.2) is 10.9 Å². The van der Waals surface area contributed by atoms with E-state index in [0.717, 1.165) is 5.56 Å². The number of pyridine rings is 1. The molecule has 2 heterocycles. The Hall–Kier alpha value is -1.68. The zero-order chi connectivity index (χ0) is 11.4. The maximum Gasteiger partial charge on any atom is 0.252 e. The number of nitrogens with one attached hydrogen (secondary N) is 1. The molecule has 2 aromatic heterocycles. The molecule has 4 heteroatoms. The van der Waals surface area contributed by atoms with Crippen molar-refractivity contribution in [1.82, 2.24) is 10.3 Å². The predicted octanol–water partition coefficient (Wildman–Crippen LogP) is 2.63. The van der Waals surface area contributed by atoms with Gasteiger partial charge in [-0.2, -0.15) is 11.3 Å². The first-order valence-corrected chi connectivity index (χ1v) is 5.94. The number of amides is 1. The van der Waals surface area contributed by atoms with Gasteiger partial charge in [-0.1, -0.05) is 0 Å². The molecule has 1 atom stereocenters. The molecule has 16 heavy (non-hydrogen) atoms. The van der Waals surface area contributed by atoms with Crippen molar-refractivity contribution in [3.63, 3.8) is 0 Å². The van der Waals surface area contributed by atoms with E-state index < -0.39 is 0 Å². The van der Waals surface area contributed by atoms with E-state index in [1.165, 1.54) is 11.3 Å². The highest BCUT2D eigenvalue weighted by Crippen LogP contribution is 2.12. The summed E-state index contributed by atoms with van der Waals surface area (Å²) in [6.07, 6.45) is 3.45. The van der Waals surface area contributed by atoms with E-state index in [1.54, 1.807) is 12.4 Å². The van der Waals surface area contributed by atoms with E-state index in [4.69, 9.17) is 0 Å². The van der Waals surface area contributed by atoms with Crippen LogP contribution in [0.4, 0.5) is 0 Å². The Labute approximate surface area is 98.2 Å². The summed E-state index contributed by atoms with van der Waals surface area (Å²) in [5.74, 6) is -0.0365. The van der Waals surface area contributed by atoms with Crippen LogP contribution in [0.25, 0.3) is 0 Å². The largest absolute Gasteiger partial charge is 0.345 e. The Morgan fingerprint density at radius 2 is 2.12 bits per heavy atom. The van der Waals surface area contributed by atoms with Gasteiger partial charge < -0.3 is 5.32 Å². The van der Waals surface area contributed by atoms with Crippen molar-refractivity contribution in [2.24, 2.45) is 0 Å². The minimum absolute atomic E-state index is 0.00426. The Morgan fingerprint density at radius 1 is 1.38 bits per heavy atom. The number of carbonyl (C=O) groups excluding carboxylic acids is 1. The molecule has 1 unspecified atom stereocenters. The van der Waals surface area contributed by atoms with Gasteiger partial charge in [-0.3, -0.25) is 9.78 Å². The zero-order valence-corrected chi connectivity index (χ0v) is 9.70. The third-order valence-corrected chi connectivity index (χ3v) is 3.02. The fraction of sp³-hybridized carbons (Fsp3) is 0.167. The van der Waals surface area contributed by atoms with Crippen LogP contribution >= 0.6 is 11.3 Å². The third-order valence-electron chi connectivity index (χ3n) is 2.34. The Kier molecular flexibility index (Phi) is 3.31. The van der Waals surface area contributed by atoms with Crippen LogP contribution in [0.2, 0.25) is 0 Å². The normalized spacial score (nSPS) is 12.1. The Bertz CT molecular complexity index is 453. The molecule has 0 aliphatic rings. The number of aromatic nitrogens is 1. The van der Waals surface area contributed by atoms with Gasteiger partial charge in [0.15, 0.2) is 0 Å². The number of carbonyl (C=O) groups is 1. The van der Waals surface area contributed by atoms with Gasteiger partial charge in [0, 0.05) is 17.8 Å². The summed E-state index contributed by atoms with van der Waals surface area (Å²) >= 11 is 1.52. The molecule has 0 spiro atoms. The topological polar surface area (TPSA) is 42.0 Å². The lowest BCUT2D eigenvalue weighted by molar-refractivity contribution is 0.0940. The molecule has 2 aromatic rings. The lowest BCUT2D eigenvalue weighted by Crippen LogP contribution is -2.26.